The highest BCUT2D eigenvalue weighted by Gasteiger charge is 2.07. The number of hydrogen-bond donors (Lipinski definition) is 2. The first-order chi connectivity index (χ1) is 6.81. The number of rotatable bonds is 2. The van der Waals surface area contributed by atoms with E-state index in [9.17, 15) is 0 Å². The SMILES string of the molecule is Cc1nccnc1-c1cc(CN)[nH]n1. The normalized spacial score (nSPS) is 10.4. The number of H-pyrrole nitrogens is 1. The van der Waals surface area contributed by atoms with E-state index in [2.05, 4.69) is 20.2 Å². The van der Waals surface area contributed by atoms with Crippen LogP contribution in [-0.4, -0.2) is 20.2 Å². The van der Waals surface area contributed by atoms with Crippen LogP contribution in [0, 0.1) is 6.92 Å². The summed E-state index contributed by atoms with van der Waals surface area (Å²) in [7, 11) is 0. The second-order valence-corrected chi connectivity index (χ2v) is 2.97. The van der Waals surface area contributed by atoms with Gasteiger partial charge in [0.2, 0.25) is 0 Å². The second-order valence-electron chi connectivity index (χ2n) is 2.97. The zero-order valence-electron chi connectivity index (χ0n) is 7.86. The van der Waals surface area contributed by atoms with Gasteiger partial charge in [0.15, 0.2) is 0 Å². The highest BCUT2D eigenvalue weighted by Crippen LogP contribution is 2.16. The van der Waals surface area contributed by atoms with Crippen molar-refractivity contribution in [1.29, 1.82) is 0 Å². The van der Waals surface area contributed by atoms with E-state index in [1.54, 1.807) is 12.4 Å². The third-order valence-corrected chi connectivity index (χ3v) is 1.97. The Morgan fingerprint density at radius 2 is 2.14 bits per heavy atom. The number of aromatic amines is 1. The van der Waals surface area contributed by atoms with E-state index < -0.39 is 0 Å². The predicted molar refractivity (Wildman–Crippen MR) is 52.2 cm³/mol. The highest BCUT2D eigenvalue weighted by atomic mass is 15.1. The van der Waals surface area contributed by atoms with Crippen molar-refractivity contribution in [2.75, 3.05) is 0 Å². The number of hydrogen-bond acceptors (Lipinski definition) is 4. The quantitative estimate of drug-likeness (QED) is 0.726. The Bertz CT molecular complexity index is 434. The molecule has 3 N–H and O–H groups in total. The molecule has 0 amide bonds. The minimum Gasteiger partial charge on any atom is -0.325 e. The second kappa shape index (κ2) is 3.55. The van der Waals surface area contributed by atoms with Crippen LogP contribution in [0.4, 0.5) is 0 Å². The van der Waals surface area contributed by atoms with Crippen molar-refractivity contribution in [2.45, 2.75) is 13.5 Å². The van der Waals surface area contributed by atoms with Crippen molar-refractivity contribution >= 4 is 0 Å². The van der Waals surface area contributed by atoms with E-state index in [-0.39, 0.29) is 0 Å². The molecule has 0 aliphatic carbocycles. The van der Waals surface area contributed by atoms with Gasteiger partial charge in [-0.2, -0.15) is 5.10 Å². The molecule has 72 valence electrons. The molecule has 0 spiro atoms. The van der Waals surface area contributed by atoms with E-state index in [1.165, 1.54) is 0 Å². The van der Waals surface area contributed by atoms with Crippen LogP contribution in [0.1, 0.15) is 11.4 Å². The fraction of sp³-hybridized carbons (Fsp3) is 0.222. The Morgan fingerprint density at radius 3 is 2.79 bits per heavy atom. The van der Waals surface area contributed by atoms with Crippen LogP contribution in [0.15, 0.2) is 18.5 Å². The Hall–Kier alpha value is -1.75. The van der Waals surface area contributed by atoms with Crippen molar-refractivity contribution in [3.8, 4) is 11.4 Å². The van der Waals surface area contributed by atoms with Gasteiger partial charge >= 0.3 is 0 Å². The molecule has 0 fully saturated rings. The molecule has 0 radical (unpaired) electrons. The maximum absolute atomic E-state index is 5.47. The first-order valence-corrected chi connectivity index (χ1v) is 4.33. The van der Waals surface area contributed by atoms with Crippen LogP contribution < -0.4 is 5.73 Å². The predicted octanol–water partition coefficient (Wildman–Crippen LogP) is 0.634. The van der Waals surface area contributed by atoms with E-state index in [1.807, 2.05) is 13.0 Å². The highest BCUT2D eigenvalue weighted by molar-refractivity contribution is 5.56. The molecule has 5 nitrogen and oxygen atoms in total. The van der Waals surface area contributed by atoms with Gasteiger partial charge in [-0.05, 0) is 13.0 Å². The number of aromatic nitrogens is 4. The van der Waals surface area contributed by atoms with Gasteiger partial charge in [0.05, 0.1) is 5.69 Å². The Kier molecular flexibility index (Phi) is 2.24. The van der Waals surface area contributed by atoms with Gasteiger partial charge in [-0.15, -0.1) is 0 Å². The zero-order chi connectivity index (χ0) is 9.97. The minimum atomic E-state index is 0.451. The van der Waals surface area contributed by atoms with Crippen LogP contribution in [0.5, 0.6) is 0 Å². The van der Waals surface area contributed by atoms with Crippen molar-refractivity contribution in [3.63, 3.8) is 0 Å². The summed E-state index contributed by atoms with van der Waals surface area (Å²) < 4.78 is 0. The van der Waals surface area contributed by atoms with Gasteiger partial charge in [0, 0.05) is 24.6 Å². The molecule has 2 rings (SSSR count). The van der Waals surface area contributed by atoms with Gasteiger partial charge in [-0.3, -0.25) is 15.1 Å². The van der Waals surface area contributed by atoms with Crippen molar-refractivity contribution in [1.82, 2.24) is 20.2 Å². The lowest BCUT2D eigenvalue weighted by Gasteiger charge is -1.97. The number of aryl methyl sites for hydroxylation is 1. The van der Waals surface area contributed by atoms with Gasteiger partial charge in [-0.25, -0.2) is 0 Å². The lowest BCUT2D eigenvalue weighted by Crippen LogP contribution is -1.95. The molecule has 0 saturated heterocycles. The lowest BCUT2D eigenvalue weighted by atomic mass is 10.2. The molecule has 2 heterocycles. The molecular formula is C9H11N5. The molecule has 2 aromatic rings. The molecule has 0 aromatic carbocycles. The average Bonchev–Trinajstić information content (AvgIpc) is 2.67. The summed E-state index contributed by atoms with van der Waals surface area (Å²) in [5.41, 5.74) is 8.81. The maximum atomic E-state index is 5.47. The molecule has 0 bridgehead atoms. The van der Waals surface area contributed by atoms with Gasteiger partial charge in [0.25, 0.3) is 0 Å². The zero-order valence-corrected chi connectivity index (χ0v) is 7.86. The fourth-order valence-corrected chi connectivity index (χ4v) is 1.25. The van der Waals surface area contributed by atoms with E-state index in [0.29, 0.717) is 6.54 Å². The Balaban J connectivity index is 2.44. The topological polar surface area (TPSA) is 80.5 Å². The van der Waals surface area contributed by atoms with Crippen molar-refractivity contribution in [3.05, 3.63) is 29.8 Å². The molecule has 5 heteroatoms. The average molecular weight is 189 g/mol. The van der Waals surface area contributed by atoms with Crippen LogP contribution in [0.2, 0.25) is 0 Å². The standard InChI is InChI=1S/C9H11N5/c1-6-9(12-3-2-11-6)8-4-7(5-10)13-14-8/h2-4H,5,10H2,1H3,(H,13,14). The summed E-state index contributed by atoms with van der Waals surface area (Å²) >= 11 is 0. The summed E-state index contributed by atoms with van der Waals surface area (Å²) in [4.78, 5) is 8.35. The Labute approximate surface area is 81.4 Å². The van der Waals surface area contributed by atoms with Crippen molar-refractivity contribution < 1.29 is 0 Å². The van der Waals surface area contributed by atoms with Crippen LogP contribution in [0.25, 0.3) is 11.4 Å². The summed E-state index contributed by atoms with van der Waals surface area (Å²) in [6.45, 7) is 2.35. The van der Waals surface area contributed by atoms with Crippen LogP contribution in [-0.2, 0) is 6.54 Å². The monoisotopic (exact) mass is 189 g/mol. The van der Waals surface area contributed by atoms with Crippen LogP contribution >= 0.6 is 0 Å². The minimum absolute atomic E-state index is 0.451. The van der Waals surface area contributed by atoms with E-state index in [0.717, 1.165) is 22.8 Å². The van der Waals surface area contributed by atoms with E-state index >= 15 is 0 Å². The molecule has 0 saturated carbocycles. The summed E-state index contributed by atoms with van der Waals surface area (Å²) in [5, 5.41) is 6.95. The van der Waals surface area contributed by atoms with Gasteiger partial charge < -0.3 is 5.73 Å². The third kappa shape index (κ3) is 1.49. The first-order valence-electron chi connectivity index (χ1n) is 4.33. The summed E-state index contributed by atoms with van der Waals surface area (Å²) in [6, 6.07) is 1.89. The third-order valence-electron chi connectivity index (χ3n) is 1.97. The smallest absolute Gasteiger partial charge is 0.113 e. The maximum Gasteiger partial charge on any atom is 0.113 e. The largest absolute Gasteiger partial charge is 0.325 e. The molecule has 2 aromatic heterocycles. The van der Waals surface area contributed by atoms with Gasteiger partial charge in [0.1, 0.15) is 11.4 Å². The molecule has 0 aliphatic rings. The van der Waals surface area contributed by atoms with E-state index in [4.69, 9.17) is 5.73 Å². The van der Waals surface area contributed by atoms with Crippen LogP contribution in [0.3, 0.4) is 0 Å². The number of nitrogens with two attached hydrogens (primary N) is 1. The summed E-state index contributed by atoms with van der Waals surface area (Å²) in [5.74, 6) is 0. The fourth-order valence-electron chi connectivity index (χ4n) is 1.25. The molecule has 0 unspecified atom stereocenters. The van der Waals surface area contributed by atoms with Gasteiger partial charge in [-0.1, -0.05) is 0 Å². The number of nitrogens with one attached hydrogen (secondary N) is 1. The lowest BCUT2D eigenvalue weighted by molar-refractivity contribution is 0.946. The van der Waals surface area contributed by atoms with Crippen molar-refractivity contribution in [2.24, 2.45) is 5.73 Å². The molecule has 0 atom stereocenters. The summed E-state index contributed by atoms with van der Waals surface area (Å²) in [6.07, 6.45) is 3.31. The Morgan fingerprint density at radius 1 is 1.36 bits per heavy atom. The number of nitrogens with zero attached hydrogens (tertiary/aromatic N) is 3. The first kappa shape index (κ1) is 8.83. The molecule has 0 aliphatic heterocycles. The molecular weight excluding hydrogens is 178 g/mol. The molecule has 14 heavy (non-hydrogen) atoms.